The van der Waals surface area contributed by atoms with Crippen molar-refractivity contribution in [3.8, 4) is 12.1 Å². The Hall–Kier alpha value is -3.13. The molecule has 2 aromatic carbocycles. The lowest BCUT2D eigenvalue weighted by molar-refractivity contribution is -0.149. The summed E-state index contributed by atoms with van der Waals surface area (Å²) in [5, 5.41) is 20.2. The second kappa shape index (κ2) is 8.31. The van der Waals surface area contributed by atoms with Crippen LogP contribution in [0.25, 0.3) is 0 Å². The fraction of sp³-hybridized carbons (Fsp3) is 0.238. The molecule has 2 atom stereocenters. The molecule has 0 saturated carbocycles. The zero-order chi connectivity index (χ0) is 22.1. The van der Waals surface area contributed by atoms with Gasteiger partial charge in [-0.05, 0) is 42.8 Å². The van der Waals surface area contributed by atoms with Crippen LogP contribution < -0.4 is 4.90 Å². The predicted octanol–water partition coefficient (Wildman–Crippen LogP) is 4.14. The van der Waals surface area contributed by atoms with E-state index in [-0.39, 0.29) is 29.4 Å². The van der Waals surface area contributed by atoms with Crippen LogP contribution in [0.1, 0.15) is 18.1 Å². The van der Waals surface area contributed by atoms with Gasteiger partial charge >= 0.3 is 5.97 Å². The third-order valence-electron chi connectivity index (χ3n) is 4.84. The lowest BCUT2D eigenvalue weighted by Crippen LogP contribution is -2.47. The molecule has 0 radical (unpaired) electrons. The molecule has 1 aliphatic rings. The Morgan fingerprint density at radius 3 is 2.57 bits per heavy atom. The minimum Gasteiger partial charge on any atom is -0.465 e. The van der Waals surface area contributed by atoms with Crippen LogP contribution in [0.3, 0.4) is 0 Å². The smallest absolute Gasteiger partial charge is 0.325 e. The molecule has 0 N–H and O–H groups in total. The Kier molecular flexibility index (Phi) is 5.98. The molecule has 0 bridgehead atoms. The standard InChI is InChI=1S/C21H14Cl2FN3O3/c1-2-30-19(28)15(9-25)21(11-26)14-8-13(24)4-6-18(14)27(20(21)29)10-12-3-5-16(22)17(23)7-12/h3-8,15H,2,10H2,1H3. The Bertz CT molecular complexity index is 1130. The van der Waals surface area contributed by atoms with E-state index in [1.54, 1.807) is 24.3 Å². The molecule has 0 spiro atoms. The zero-order valence-electron chi connectivity index (χ0n) is 15.7. The number of ether oxygens (including phenoxy) is 1. The number of carbonyl (C=O) groups excluding carboxylic acids is 2. The molecule has 2 unspecified atom stereocenters. The summed E-state index contributed by atoms with van der Waals surface area (Å²) >= 11 is 12.0. The SMILES string of the molecule is CCOC(=O)C(C#N)C1(C#N)C(=O)N(Cc2ccc(Cl)c(Cl)c2)c2ccc(F)cc21. The van der Waals surface area contributed by atoms with Crippen molar-refractivity contribution >= 4 is 40.8 Å². The molecule has 0 saturated heterocycles. The van der Waals surface area contributed by atoms with Crippen molar-refractivity contribution < 1.29 is 18.7 Å². The van der Waals surface area contributed by atoms with E-state index in [9.17, 15) is 24.5 Å². The van der Waals surface area contributed by atoms with Gasteiger partial charge in [-0.15, -0.1) is 0 Å². The van der Waals surface area contributed by atoms with Gasteiger partial charge in [0.1, 0.15) is 5.82 Å². The highest BCUT2D eigenvalue weighted by molar-refractivity contribution is 6.42. The topological polar surface area (TPSA) is 94.2 Å². The van der Waals surface area contributed by atoms with Gasteiger partial charge in [0, 0.05) is 11.3 Å². The number of benzene rings is 2. The van der Waals surface area contributed by atoms with E-state index in [1.165, 1.54) is 17.9 Å². The first-order chi connectivity index (χ1) is 14.3. The second-order valence-corrected chi connectivity index (χ2v) is 7.35. The number of hydrogen-bond donors (Lipinski definition) is 0. The molecule has 152 valence electrons. The number of esters is 1. The maximum Gasteiger partial charge on any atom is 0.325 e. The highest BCUT2D eigenvalue weighted by atomic mass is 35.5. The van der Waals surface area contributed by atoms with Gasteiger partial charge in [-0.25, -0.2) is 4.39 Å². The van der Waals surface area contributed by atoms with Crippen LogP contribution in [0.5, 0.6) is 0 Å². The minimum atomic E-state index is -2.24. The third-order valence-corrected chi connectivity index (χ3v) is 5.58. The third kappa shape index (κ3) is 3.37. The number of carbonyl (C=O) groups is 2. The normalized spacial score (nSPS) is 18.3. The van der Waals surface area contributed by atoms with Gasteiger partial charge in [0.25, 0.3) is 5.91 Å². The summed E-state index contributed by atoms with van der Waals surface area (Å²) in [6.07, 6.45) is 0. The maximum absolute atomic E-state index is 14.1. The molecule has 1 aliphatic heterocycles. The number of amides is 1. The number of halogens is 3. The molecule has 3 rings (SSSR count). The quantitative estimate of drug-likeness (QED) is 0.644. The molecule has 9 heteroatoms. The van der Waals surface area contributed by atoms with E-state index in [4.69, 9.17) is 27.9 Å². The van der Waals surface area contributed by atoms with Gasteiger partial charge in [0.2, 0.25) is 0 Å². The molecule has 6 nitrogen and oxygen atoms in total. The van der Waals surface area contributed by atoms with Crippen LogP contribution in [0.15, 0.2) is 36.4 Å². The van der Waals surface area contributed by atoms with Crippen molar-refractivity contribution in [2.45, 2.75) is 18.9 Å². The summed E-state index contributed by atoms with van der Waals surface area (Å²) < 4.78 is 19.0. The Morgan fingerprint density at radius 2 is 1.97 bits per heavy atom. The fourth-order valence-corrected chi connectivity index (χ4v) is 3.80. The molecule has 30 heavy (non-hydrogen) atoms. The van der Waals surface area contributed by atoms with E-state index in [2.05, 4.69) is 0 Å². The van der Waals surface area contributed by atoms with Crippen molar-refractivity contribution in [2.24, 2.45) is 5.92 Å². The molecule has 0 aliphatic carbocycles. The van der Waals surface area contributed by atoms with Gasteiger partial charge in [-0.3, -0.25) is 9.59 Å². The van der Waals surface area contributed by atoms with Gasteiger partial charge in [-0.1, -0.05) is 29.3 Å². The van der Waals surface area contributed by atoms with E-state index < -0.39 is 29.0 Å². The summed E-state index contributed by atoms with van der Waals surface area (Å²) in [4.78, 5) is 27.1. The second-order valence-electron chi connectivity index (χ2n) is 6.54. The van der Waals surface area contributed by atoms with Crippen molar-refractivity contribution in [1.82, 2.24) is 0 Å². The van der Waals surface area contributed by atoms with Crippen molar-refractivity contribution in [3.63, 3.8) is 0 Å². The monoisotopic (exact) mass is 445 g/mol. The molecule has 2 aromatic rings. The van der Waals surface area contributed by atoms with Crippen molar-refractivity contribution in [1.29, 1.82) is 10.5 Å². The van der Waals surface area contributed by atoms with Crippen LogP contribution in [-0.2, 0) is 26.3 Å². The largest absolute Gasteiger partial charge is 0.465 e. The Balaban J connectivity index is 2.16. The van der Waals surface area contributed by atoms with Gasteiger partial charge in [-0.2, -0.15) is 10.5 Å². The van der Waals surface area contributed by atoms with Crippen molar-refractivity contribution in [2.75, 3.05) is 11.5 Å². The van der Waals surface area contributed by atoms with E-state index >= 15 is 0 Å². The van der Waals surface area contributed by atoms with Crippen LogP contribution in [0.4, 0.5) is 10.1 Å². The number of anilines is 1. The van der Waals surface area contributed by atoms with E-state index in [1.807, 2.05) is 6.07 Å². The van der Waals surface area contributed by atoms with Gasteiger partial charge < -0.3 is 9.64 Å². The fourth-order valence-electron chi connectivity index (χ4n) is 3.48. The molecule has 1 amide bonds. The van der Waals surface area contributed by atoms with E-state index in [0.29, 0.717) is 10.6 Å². The summed E-state index contributed by atoms with van der Waals surface area (Å²) in [5.41, 5.74) is -1.49. The lowest BCUT2D eigenvalue weighted by Gasteiger charge is -2.25. The Labute approximate surface area is 182 Å². The maximum atomic E-state index is 14.1. The van der Waals surface area contributed by atoms with Crippen LogP contribution in [-0.4, -0.2) is 18.5 Å². The number of hydrogen-bond acceptors (Lipinski definition) is 5. The molecular weight excluding hydrogens is 432 g/mol. The molecule has 0 aromatic heterocycles. The van der Waals surface area contributed by atoms with Gasteiger partial charge in [0.15, 0.2) is 11.3 Å². The zero-order valence-corrected chi connectivity index (χ0v) is 17.2. The highest BCUT2D eigenvalue weighted by Crippen LogP contribution is 2.47. The number of nitriles is 2. The molecular formula is C21H14Cl2FN3O3. The van der Waals surface area contributed by atoms with Crippen LogP contribution in [0, 0.1) is 34.4 Å². The first kappa shape index (κ1) is 21.6. The first-order valence-electron chi connectivity index (χ1n) is 8.83. The number of nitrogens with zero attached hydrogens (tertiary/aromatic N) is 3. The lowest BCUT2D eigenvalue weighted by atomic mass is 9.72. The van der Waals surface area contributed by atoms with Crippen molar-refractivity contribution in [3.05, 3.63) is 63.4 Å². The van der Waals surface area contributed by atoms with Gasteiger partial charge in [0.05, 0.1) is 35.3 Å². The number of fused-ring (bicyclic) bond motifs is 1. The minimum absolute atomic E-state index is 0.0290. The molecule has 0 fully saturated rings. The predicted molar refractivity (Wildman–Crippen MR) is 107 cm³/mol. The highest BCUT2D eigenvalue weighted by Gasteiger charge is 2.60. The molecule has 1 heterocycles. The Morgan fingerprint density at radius 1 is 1.23 bits per heavy atom. The average Bonchev–Trinajstić information content (AvgIpc) is 2.94. The summed E-state index contributed by atoms with van der Waals surface area (Å²) in [6.45, 7) is 1.46. The summed E-state index contributed by atoms with van der Waals surface area (Å²) in [6, 6.07) is 11.7. The first-order valence-corrected chi connectivity index (χ1v) is 9.59. The number of rotatable bonds is 5. The average molecular weight is 446 g/mol. The van der Waals surface area contributed by atoms with E-state index in [0.717, 1.165) is 12.1 Å². The summed E-state index contributed by atoms with van der Waals surface area (Å²) in [5.74, 6) is -4.33. The van der Waals surface area contributed by atoms with Crippen LogP contribution >= 0.6 is 23.2 Å². The summed E-state index contributed by atoms with van der Waals surface area (Å²) in [7, 11) is 0. The van der Waals surface area contributed by atoms with Crippen LogP contribution in [0.2, 0.25) is 10.0 Å².